The van der Waals surface area contributed by atoms with Gasteiger partial charge >= 0.3 is 0 Å². The van der Waals surface area contributed by atoms with Gasteiger partial charge in [-0.25, -0.2) is 0 Å². The molecule has 2 heteroatoms. The molecular weight excluding hydrogens is 220 g/mol. The Balaban J connectivity index is 2.20. The van der Waals surface area contributed by atoms with Crippen LogP contribution in [0.3, 0.4) is 0 Å². The summed E-state index contributed by atoms with van der Waals surface area (Å²) in [5, 5.41) is 4.66. The standard InChI is InChI=1S/C16H30N2/c1-4-7-8-9-10-11-12-13-18-16(6-3)14-15(5-2)17-18/h14H,4-13H2,1-3H3. The third-order valence-corrected chi connectivity index (χ3v) is 3.61. The van der Waals surface area contributed by atoms with Gasteiger partial charge in [-0.15, -0.1) is 0 Å². The van der Waals surface area contributed by atoms with Gasteiger partial charge in [0.1, 0.15) is 0 Å². The van der Waals surface area contributed by atoms with Crippen LogP contribution in [0.2, 0.25) is 0 Å². The molecule has 0 saturated heterocycles. The molecule has 0 aliphatic heterocycles. The highest BCUT2D eigenvalue weighted by Crippen LogP contribution is 2.10. The van der Waals surface area contributed by atoms with E-state index in [1.54, 1.807) is 0 Å². The molecule has 0 saturated carbocycles. The summed E-state index contributed by atoms with van der Waals surface area (Å²) in [5.41, 5.74) is 2.65. The molecule has 104 valence electrons. The lowest BCUT2D eigenvalue weighted by Crippen LogP contribution is -2.04. The summed E-state index contributed by atoms with van der Waals surface area (Å²) in [4.78, 5) is 0. The number of aromatic nitrogens is 2. The van der Waals surface area contributed by atoms with Crippen molar-refractivity contribution < 1.29 is 0 Å². The maximum absolute atomic E-state index is 4.66. The molecule has 0 bridgehead atoms. The predicted octanol–water partition coefficient (Wildman–Crippen LogP) is 4.76. The summed E-state index contributed by atoms with van der Waals surface area (Å²) >= 11 is 0. The third kappa shape index (κ3) is 5.24. The Hall–Kier alpha value is -0.790. The van der Waals surface area contributed by atoms with E-state index < -0.39 is 0 Å². The van der Waals surface area contributed by atoms with Crippen LogP contribution in [0.15, 0.2) is 6.07 Å². The van der Waals surface area contributed by atoms with Crippen molar-refractivity contribution >= 4 is 0 Å². The number of rotatable bonds is 10. The minimum absolute atomic E-state index is 1.05. The zero-order valence-corrected chi connectivity index (χ0v) is 12.5. The summed E-state index contributed by atoms with van der Waals surface area (Å²) in [6.45, 7) is 7.78. The van der Waals surface area contributed by atoms with Gasteiger partial charge in [-0.05, 0) is 25.3 Å². The van der Waals surface area contributed by atoms with E-state index in [9.17, 15) is 0 Å². The fraction of sp³-hybridized carbons (Fsp3) is 0.812. The van der Waals surface area contributed by atoms with E-state index in [4.69, 9.17) is 0 Å². The smallest absolute Gasteiger partial charge is 0.0624 e. The van der Waals surface area contributed by atoms with Crippen molar-refractivity contribution in [2.45, 2.75) is 85.1 Å². The van der Waals surface area contributed by atoms with E-state index in [1.807, 2.05) is 0 Å². The molecular formula is C16H30N2. The van der Waals surface area contributed by atoms with Gasteiger partial charge in [-0.3, -0.25) is 4.68 Å². The predicted molar refractivity (Wildman–Crippen MR) is 79.0 cm³/mol. The summed E-state index contributed by atoms with van der Waals surface area (Å²) in [5.74, 6) is 0. The highest BCUT2D eigenvalue weighted by Gasteiger charge is 2.04. The number of aryl methyl sites for hydroxylation is 3. The molecule has 18 heavy (non-hydrogen) atoms. The minimum Gasteiger partial charge on any atom is -0.269 e. The minimum atomic E-state index is 1.05. The van der Waals surface area contributed by atoms with Crippen LogP contribution < -0.4 is 0 Å². The first-order valence-corrected chi connectivity index (χ1v) is 7.87. The van der Waals surface area contributed by atoms with Gasteiger partial charge in [-0.1, -0.05) is 59.3 Å². The molecule has 2 nitrogen and oxygen atoms in total. The van der Waals surface area contributed by atoms with Gasteiger partial charge < -0.3 is 0 Å². The molecule has 0 unspecified atom stereocenters. The molecule has 1 rings (SSSR count). The summed E-state index contributed by atoms with van der Waals surface area (Å²) in [7, 11) is 0. The van der Waals surface area contributed by atoms with Crippen LogP contribution in [-0.4, -0.2) is 9.78 Å². The number of nitrogens with zero attached hydrogens (tertiary/aromatic N) is 2. The van der Waals surface area contributed by atoms with E-state index in [0.717, 1.165) is 19.4 Å². The molecule has 0 radical (unpaired) electrons. The van der Waals surface area contributed by atoms with Crippen LogP contribution in [0.1, 0.15) is 77.1 Å². The lowest BCUT2D eigenvalue weighted by molar-refractivity contribution is 0.509. The van der Waals surface area contributed by atoms with Gasteiger partial charge in [0.05, 0.1) is 5.69 Å². The zero-order valence-electron chi connectivity index (χ0n) is 12.5. The molecule has 0 N–H and O–H groups in total. The van der Waals surface area contributed by atoms with Crippen LogP contribution >= 0.6 is 0 Å². The molecule has 0 amide bonds. The summed E-state index contributed by atoms with van der Waals surface area (Å²) in [6.07, 6.45) is 11.8. The molecule has 0 atom stereocenters. The summed E-state index contributed by atoms with van der Waals surface area (Å²) in [6, 6.07) is 2.27. The molecule has 1 aromatic rings. The van der Waals surface area contributed by atoms with Gasteiger partial charge in [-0.2, -0.15) is 5.10 Å². The quantitative estimate of drug-likeness (QED) is 0.547. The Kier molecular flexibility index (Phi) is 7.79. The highest BCUT2D eigenvalue weighted by molar-refractivity contribution is 5.10. The van der Waals surface area contributed by atoms with Crippen molar-refractivity contribution in [1.82, 2.24) is 9.78 Å². The molecule has 1 heterocycles. The van der Waals surface area contributed by atoms with Gasteiger partial charge in [0.15, 0.2) is 0 Å². The molecule has 0 spiro atoms. The van der Waals surface area contributed by atoms with E-state index in [0.29, 0.717) is 0 Å². The Bertz CT molecular complexity index is 315. The fourth-order valence-electron chi connectivity index (χ4n) is 2.38. The van der Waals surface area contributed by atoms with E-state index >= 15 is 0 Å². The van der Waals surface area contributed by atoms with Crippen molar-refractivity contribution in [2.24, 2.45) is 0 Å². The molecule has 0 fully saturated rings. The average Bonchev–Trinajstić information content (AvgIpc) is 2.80. The topological polar surface area (TPSA) is 17.8 Å². The highest BCUT2D eigenvalue weighted by atomic mass is 15.3. The molecule has 0 aromatic carbocycles. The normalized spacial score (nSPS) is 11.1. The number of hydrogen-bond donors (Lipinski definition) is 0. The fourth-order valence-corrected chi connectivity index (χ4v) is 2.38. The summed E-state index contributed by atoms with van der Waals surface area (Å²) < 4.78 is 2.23. The first-order valence-electron chi connectivity index (χ1n) is 7.87. The third-order valence-electron chi connectivity index (χ3n) is 3.61. The van der Waals surface area contributed by atoms with Crippen LogP contribution in [0.5, 0.6) is 0 Å². The average molecular weight is 250 g/mol. The van der Waals surface area contributed by atoms with Gasteiger partial charge in [0, 0.05) is 12.2 Å². The van der Waals surface area contributed by atoms with Crippen molar-refractivity contribution in [3.05, 3.63) is 17.5 Å². The number of hydrogen-bond acceptors (Lipinski definition) is 1. The lowest BCUT2D eigenvalue weighted by atomic mass is 10.1. The Morgan fingerprint density at radius 3 is 2.17 bits per heavy atom. The van der Waals surface area contributed by atoms with Crippen molar-refractivity contribution in [3.63, 3.8) is 0 Å². The first kappa shape index (κ1) is 15.3. The van der Waals surface area contributed by atoms with Crippen LogP contribution in [-0.2, 0) is 19.4 Å². The van der Waals surface area contributed by atoms with Gasteiger partial charge in [0.2, 0.25) is 0 Å². The largest absolute Gasteiger partial charge is 0.269 e. The van der Waals surface area contributed by atoms with E-state index in [-0.39, 0.29) is 0 Å². The van der Waals surface area contributed by atoms with E-state index in [2.05, 4.69) is 36.6 Å². The Morgan fingerprint density at radius 1 is 0.889 bits per heavy atom. The SMILES string of the molecule is CCCCCCCCCn1nc(CC)cc1CC. The second kappa shape index (κ2) is 9.18. The zero-order chi connectivity index (χ0) is 13.2. The van der Waals surface area contributed by atoms with Crippen LogP contribution in [0.4, 0.5) is 0 Å². The number of unbranched alkanes of at least 4 members (excludes halogenated alkanes) is 6. The molecule has 0 aliphatic carbocycles. The monoisotopic (exact) mass is 250 g/mol. The molecule has 0 aliphatic rings. The van der Waals surface area contributed by atoms with E-state index in [1.165, 1.54) is 56.3 Å². The second-order valence-corrected chi connectivity index (χ2v) is 5.18. The van der Waals surface area contributed by atoms with Crippen molar-refractivity contribution in [2.75, 3.05) is 0 Å². The van der Waals surface area contributed by atoms with Gasteiger partial charge in [0.25, 0.3) is 0 Å². The second-order valence-electron chi connectivity index (χ2n) is 5.18. The van der Waals surface area contributed by atoms with Crippen LogP contribution in [0, 0.1) is 0 Å². The maximum atomic E-state index is 4.66. The Labute approximate surface area is 113 Å². The first-order chi connectivity index (χ1) is 8.81. The van der Waals surface area contributed by atoms with Crippen LogP contribution in [0.25, 0.3) is 0 Å². The maximum Gasteiger partial charge on any atom is 0.0624 e. The lowest BCUT2D eigenvalue weighted by Gasteiger charge is -2.05. The van der Waals surface area contributed by atoms with Crippen molar-refractivity contribution in [3.8, 4) is 0 Å². The molecule has 1 aromatic heterocycles. The van der Waals surface area contributed by atoms with Crippen molar-refractivity contribution in [1.29, 1.82) is 0 Å². The Morgan fingerprint density at radius 2 is 1.56 bits per heavy atom.